The highest BCUT2D eigenvalue weighted by Crippen LogP contribution is 2.34. The molecule has 1 saturated carbocycles. The number of ether oxygens (including phenoxy) is 3. The Morgan fingerprint density at radius 2 is 1.70 bits per heavy atom. The largest absolute Gasteiger partial charge is 0.477 e. The van der Waals surface area contributed by atoms with Crippen LogP contribution in [-0.4, -0.2) is 83.7 Å². The zero-order chi connectivity index (χ0) is 35.5. The minimum atomic E-state index is -1.17. The molecule has 0 aliphatic heterocycles. The topological polar surface area (TPSA) is 193 Å². The van der Waals surface area contributed by atoms with E-state index in [1.165, 1.54) is 30.5 Å². The summed E-state index contributed by atoms with van der Waals surface area (Å²) in [6, 6.07) is 10.4. The minimum absolute atomic E-state index is 0.0628. The number of pyridine rings is 1. The maximum atomic E-state index is 13.6. The predicted octanol–water partition coefficient (Wildman–Crippen LogP) is 4.67. The van der Waals surface area contributed by atoms with E-state index in [-0.39, 0.29) is 53.8 Å². The van der Waals surface area contributed by atoms with Crippen molar-refractivity contribution in [2.24, 2.45) is 5.92 Å². The molecule has 0 radical (unpaired) electrons. The molecule has 15 nitrogen and oxygen atoms in total. The quantitative estimate of drug-likeness (QED) is 0.0659. The average Bonchev–Trinajstić information content (AvgIpc) is 3.83. The molecule has 4 aromatic rings. The molecule has 50 heavy (non-hydrogen) atoms. The summed E-state index contributed by atoms with van der Waals surface area (Å²) in [5, 5.41) is 27.3. The fourth-order valence-corrected chi connectivity index (χ4v) is 5.23. The second-order valence-electron chi connectivity index (χ2n) is 11.8. The minimum Gasteiger partial charge on any atom is -0.477 e. The molecule has 0 spiro atoms. The van der Waals surface area contributed by atoms with Crippen molar-refractivity contribution < 1.29 is 37.7 Å². The first-order chi connectivity index (χ1) is 24.2. The predicted molar refractivity (Wildman–Crippen MR) is 180 cm³/mol. The summed E-state index contributed by atoms with van der Waals surface area (Å²) in [4.78, 5) is 41.8. The lowest BCUT2D eigenvalue weighted by molar-refractivity contribution is -0.383. The molecule has 2 heterocycles. The summed E-state index contributed by atoms with van der Waals surface area (Å²) in [7, 11) is 0. The van der Waals surface area contributed by atoms with Gasteiger partial charge in [-0.3, -0.25) is 19.7 Å². The highest BCUT2D eigenvalue weighted by molar-refractivity contribution is 6.00. The number of fused-ring (bicyclic) bond motifs is 1. The van der Waals surface area contributed by atoms with Crippen LogP contribution >= 0.6 is 0 Å². The van der Waals surface area contributed by atoms with Gasteiger partial charge in [-0.25, -0.2) is 14.0 Å². The number of hydrogen-bond donors (Lipinski definition) is 3. The van der Waals surface area contributed by atoms with Crippen LogP contribution in [0.2, 0.25) is 0 Å². The third-order valence-electron chi connectivity index (χ3n) is 8.47. The van der Waals surface area contributed by atoms with Crippen LogP contribution in [0.15, 0.2) is 53.3 Å². The molecule has 1 fully saturated rings. The van der Waals surface area contributed by atoms with Crippen molar-refractivity contribution >= 4 is 34.2 Å². The van der Waals surface area contributed by atoms with Gasteiger partial charge < -0.3 is 30.2 Å². The lowest BCUT2D eigenvalue weighted by Crippen LogP contribution is -2.58. The summed E-state index contributed by atoms with van der Waals surface area (Å²) < 4.78 is 35.4. The molecule has 3 N–H and O–H groups in total. The number of nitrogens with zero attached hydrogens (tertiary/aromatic N) is 4. The molecule has 1 aliphatic rings. The Kier molecular flexibility index (Phi) is 12.2. The number of amides is 2. The third kappa shape index (κ3) is 9.06. The summed E-state index contributed by atoms with van der Waals surface area (Å²) >= 11 is 0. The molecule has 5 rings (SSSR count). The fourth-order valence-electron chi connectivity index (χ4n) is 5.23. The number of hydrogen-bond acceptors (Lipinski definition) is 12. The van der Waals surface area contributed by atoms with Gasteiger partial charge in [0, 0.05) is 30.9 Å². The van der Waals surface area contributed by atoms with Crippen molar-refractivity contribution in [1.29, 1.82) is 0 Å². The molecule has 0 unspecified atom stereocenters. The van der Waals surface area contributed by atoms with E-state index in [9.17, 15) is 24.1 Å². The summed E-state index contributed by atoms with van der Waals surface area (Å²) in [6.07, 6.45) is 4.33. The van der Waals surface area contributed by atoms with Crippen LogP contribution in [0.5, 0.6) is 5.88 Å². The Bertz CT molecular complexity index is 1780. The Morgan fingerprint density at radius 3 is 2.38 bits per heavy atom. The normalized spacial score (nSPS) is 12.9. The first-order valence-corrected chi connectivity index (χ1v) is 16.5. The van der Waals surface area contributed by atoms with E-state index >= 15 is 0 Å². The number of nitro benzene ring substituents is 1. The number of benzene rings is 2. The number of rotatable bonds is 20. The van der Waals surface area contributed by atoms with Crippen LogP contribution < -0.4 is 20.7 Å². The number of halogens is 1. The van der Waals surface area contributed by atoms with E-state index in [0.717, 1.165) is 12.8 Å². The van der Waals surface area contributed by atoms with Crippen LogP contribution in [-0.2, 0) is 14.3 Å². The first-order valence-electron chi connectivity index (χ1n) is 16.5. The summed E-state index contributed by atoms with van der Waals surface area (Å²) in [5.41, 5.74) is 0.968. The van der Waals surface area contributed by atoms with Crippen LogP contribution in [0, 0.1) is 21.8 Å². The Morgan fingerprint density at radius 1 is 1.00 bits per heavy atom. The van der Waals surface area contributed by atoms with Gasteiger partial charge in [0.1, 0.15) is 11.4 Å². The third-order valence-corrected chi connectivity index (χ3v) is 8.47. The molecular weight excluding hydrogens is 653 g/mol. The summed E-state index contributed by atoms with van der Waals surface area (Å²) in [5.74, 6) is -0.320. The lowest BCUT2D eigenvalue weighted by atomic mass is 9.91. The lowest BCUT2D eigenvalue weighted by Gasteiger charge is -2.31. The zero-order valence-corrected chi connectivity index (χ0v) is 27.9. The Balaban J connectivity index is 1.05. The molecule has 1 aliphatic carbocycles. The zero-order valence-electron chi connectivity index (χ0n) is 27.9. The van der Waals surface area contributed by atoms with E-state index in [1.54, 1.807) is 18.2 Å². The van der Waals surface area contributed by atoms with E-state index in [2.05, 4.69) is 35.9 Å². The molecule has 16 heteroatoms. The molecule has 2 aromatic carbocycles. The van der Waals surface area contributed by atoms with Gasteiger partial charge in [0.05, 0.1) is 49.2 Å². The van der Waals surface area contributed by atoms with Crippen molar-refractivity contribution in [3.05, 3.63) is 70.2 Å². The molecule has 2 amide bonds. The highest BCUT2D eigenvalue weighted by atomic mass is 19.1. The number of carbonyl (C=O) groups excluding carboxylic acids is 2. The molecule has 0 bridgehead atoms. The van der Waals surface area contributed by atoms with Gasteiger partial charge in [0.25, 0.3) is 5.91 Å². The van der Waals surface area contributed by atoms with Gasteiger partial charge >= 0.3 is 5.69 Å². The molecule has 2 aromatic heterocycles. The first kappa shape index (κ1) is 36.1. The number of nitro groups is 1. The van der Waals surface area contributed by atoms with Gasteiger partial charge in [0.2, 0.25) is 17.3 Å². The van der Waals surface area contributed by atoms with Gasteiger partial charge in [-0.2, -0.15) is 0 Å². The average molecular weight is 694 g/mol. The number of anilines is 1. The van der Waals surface area contributed by atoms with Crippen molar-refractivity contribution in [1.82, 2.24) is 25.9 Å². The number of carbonyl (C=O) groups is 2. The second kappa shape index (κ2) is 16.9. The van der Waals surface area contributed by atoms with Crippen LogP contribution in [0.3, 0.4) is 0 Å². The van der Waals surface area contributed by atoms with E-state index in [4.69, 9.17) is 14.2 Å². The standard InChI is InChI=1S/C34H40FN7O8/c1-3-34(4-2,39-31(43)24-19-26(23-7-9-25(35)10-8-23)32(38-20-24)49-21-22-5-6-22)33(44)37-14-16-48-18-17-47-15-13-36-27-11-12-28(42(45)46)30-29(27)40-50-41-30/h7-12,19-20,22,36H,3-6,13-18,21H2,1-2H3,(H,37,44)(H,39,43). The van der Waals surface area contributed by atoms with Crippen LogP contribution in [0.25, 0.3) is 22.2 Å². The van der Waals surface area contributed by atoms with Crippen molar-refractivity contribution in [2.45, 2.75) is 45.1 Å². The van der Waals surface area contributed by atoms with Crippen molar-refractivity contribution in [3.8, 4) is 17.0 Å². The Hall–Kier alpha value is -5.22. The fraction of sp³-hybridized carbons (Fsp3) is 0.441. The number of nitrogens with one attached hydrogen (secondary N) is 3. The number of aromatic nitrogens is 3. The molecular formula is C34H40FN7O8. The van der Waals surface area contributed by atoms with E-state index in [1.807, 2.05) is 13.8 Å². The second-order valence-corrected chi connectivity index (χ2v) is 11.8. The maximum absolute atomic E-state index is 13.6. The van der Waals surface area contributed by atoms with Crippen molar-refractivity contribution in [2.75, 3.05) is 51.4 Å². The van der Waals surface area contributed by atoms with Crippen LogP contribution in [0.4, 0.5) is 15.8 Å². The molecule has 0 saturated heterocycles. The van der Waals surface area contributed by atoms with Crippen molar-refractivity contribution in [3.63, 3.8) is 0 Å². The molecule has 0 atom stereocenters. The number of non-ortho nitro benzene ring substituents is 1. The van der Waals surface area contributed by atoms with Gasteiger partial charge in [-0.1, -0.05) is 26.0 Å². The smallest absolute Gasteiger partial charge is 0.300 e. The van der Waals surface area contributed by atoms with Crippen LogP contribution in [0.1, 0.15) is 49.9 Å². The van der Waals surface area contributed by atoms with E-state index < -0.39 is 16.4 Å². The van der Waals surface area contributed by atoms with E-state index in [0.29, 0.717) is 67.8 Å². The van der Waals surface area contributed by atoms with Gasteiger partial charge in [-0.15, -0.1) is 0 Å². The summed E-state index contributed by atoms with van der Waals surface area (Å²) in [6.45, 7) is 5.97. The monoisotopic (exact) mass is 693 g/mol. The molecule has 266 valence electrons. The SMILES string of the molecule is CCC(CC)(NC(=O)c1cnc(OCC2CC2)c(-c2ccc(F)cc2)c1)C(=O)NCCOCCOCCNc1ccc([N+](=O)[O-])c2nonc12. The Labute approximate surface area is 287 Å². The highest BCUT2D eigenvalue weighted by Gasteiger charge is 2.37. The van der Waals surface area contributed by atoms with Gasteiger partial charge in [0.15, 0.2) is 5.52 Å². The maximum Gasteiger partial charge on any atom is 0.300 e. The van der Waals surface area contributed by atoms with Gasteiger partial charge in [-0.05, 0) is 71.7 Å².